The minimum Gasteiger partial charge on any atom is -0.385 e. The van der Waals surface area contributed by atoms with E-state index in [9.17, 15) is 4.79 Å². The van der Waals surface area contributed by atoms with Gasteiger partial charge in [0.05, 0.1) is 11.3 Å². The van der Waals surface area contributed by atoms with Crippen LogP contribution in [0.5, 0.6) is 0 Å². The first kappa shape index (κ1) is 18.5. The Morgan fingerprint density at radius 1 is 1.23 bits per heavy atom. The predicted molar refractivity (Wildman–Crippen MR) is 106 cm³/mol. The summed E-state index contributed by atoms with van der Waals surface area (Å²) in [6.45, 7) is 2.11. The summed E-state index contributed by atoms with van der Waals surface area (Å²) in [5, 5.41) is 4.87. The van der Waals surface area contributed by atoms with Crippen molar-refractivity contribution in [1.82, 2.24) is 14.9 Å². The summed E-state index contributed by atoms with van der Waals surface area (Å²) < 4.78 is 7.19. The molecule has 0 fully saturated rings. The fourth-order valence-electron chi connectivity index (χ4n) is 2.76. The van der Waals surface area contributed by atoms with Crippen LogP contribution in [0.1, 0.15) is 12.0 Å². The van der Waals surface area contributed by atoms with Gasteiger partial charge in [-0.1, -0.05) is 42.1 Å². The zero-order valence-corrected chi connectivity index (χ0v) is 15.7. The average molecular weight is 369 g/mol. The minimum atomic E-state index is 0.0219. The van der Waals surface area contributed by atoms with Crippen LogP contribution in [0.15, 0.2) is 59.9 Å². The van der Waals surface area contributed by atoms with Gasteiger partial charge in [0.25, 0.3) is 0 Å². The highest BCUT2D eigenvalue weighted by Crippen LogP contribution is 2.27. The SMILES string of the molecule is COCCCNC(=O)CSc1nccc2c1ccn2Cc1ccccc1. The highest BCUT2D eigenvalue weighted by Gasteiger charge is 2.10. The molecule has 136 valence electrons. The maximum atomic E-state index is 12.0. The van der Waals surface area contributed by atoms with Crippen LogP contribution in [0.4, 0.5) is 0 Å². The van der Waals surface area contributed by atoms with E-state index < -0.39 is 0 Å². The fourth-order valence-corrected chi connectivity index (χ4v) is 3.59. The van der Waals surface area contributed by atoms with E-state index in [1.165, 1.54) is 17.3 Å². The Morgan fingerprint density at radius 3 is 2.88 bits per heavy atom. The lowest BCUT2D eigenvalue weighted by atomic mass is 10.2. The van der Waals surface area contributed by atoms with E-state index in [0.29, 0.717) is 18.9 Å². The van der Waals surface area contributed by atoms with Crippen LogP contribution in [-0.2, 0) is 16.1 Å². The standard InChI is InChI=1S/C20H23N3O2S/c1-25-13-5-10-21-19(24)15-26-20-17-9-12-23(18(17)8-11-22-20)14-16-6-3-2-4-7-16/h2-4,6-9,11-12H,5,10,13-15H2,1H3,(H,21,24). The number of carbonyl (C=O) groups is 1. The van der Waals surface area contributed by atoms with Gasteiger partial charge in [-0.2, -0.15) is 0 Å². The molecule has 26 heavy (non-hydrogen) atoms. The third kappa shape index (κ3) is 4.86. The number of benzene rings is 1. The molecule has 3 rings (SSSR count). The maximum Gasteiger partial charge on any atom is 0.230 e. The second kappa shape index (κ2) is 9.40. The molecule has 3 aromatic rings. The van der Waals surface area contributed by atoms with E-state index in [1.54, 1.807) is 7.11 Å². The van der Waals surface area contributed by atoms with Crippen LogP contribution in [-0.4, -0.2) is 41.5 Å². The van der Waals surface area contributed by atoms with Crippen molar-refractivity contribution in [1.29, 1.82) is 0 Å². The molecule has 0 saturated heterocycles. The first-order chi connectivity index (χ1) is 12.8. The van der Waals surface area contributed by atoms with Crippen LogP contribution < -0.4 is 5.32 Å². The van der Waals surface area contributed by atoms with E-state index in [4.69, 9.17) is 4.74 Å². The molecule has 6 heteroatoms. The normalized spacial score (nSPS) is 11.0. The van der Waals surface area contributed by atoms with Gasteiger partial charge < -0.3 is 14.6 Å². The van der Waals surface area contributed by atoms with E-state index >= 15 is 0 Å². The van der Waals surface area contributed by atoms with Crippen molar-refractivity contribution in [3.05, 3.63) is 60.4 Å². The highest BCUT2D eigenvalue weighted by molar-refractivity contribution is 8.00. The second-order valence-corrected chi connectivity index (χ2v) is 6.93. The molecule has 0 bridgehead atoms. The summed E-state index contributed by atoms with van der Waals surface area (Å²) in [5.41, 5.74) is 2.39. The molecule has 1 N–H and O–H groups in total. The topological polar surface area (TPSA) is 56.1 Å². The lowest BCUT2D eigenvalue weighted by Gasteiger charge is -2.07. The molecule has 2 heterocycles. The van der Waals surface area contributed by atoms with Gasteiger partial charge in [-0.15, -0.1) is 0 Å². The van der Waals surface area contributed by atoms with Crippen LogP contribution in [0, 0.1) is 0 Å². The third-order valence-electron chi connectivity index (χ3n) is 4.04. The second-order valence-electron chi connectivity index (χ2n) is 5.96. The molecule has 0 radical (unpaired) electrons. The summed E-state index contributed by atoms with van der Waals surface area (Å²) in [6, 6.07) is 14.5. The Balaban J connectivity index is 1.64. The van der Waals surface area contributed by atoms with Gasteiger partial charge >= 0.3 is 0 Å². The maximum absolute atomic E-state index is 12.0. The van der Waals surface area contributed by atoms with Gasteiger partial charge in [0, 0.05) is 44.6 Å². The Bertz CT molecular complexity index is 849. The number of fused-ring (bicyclic) bond motifs is 1. The molecule has 0 aliphatic heterocycles. The molecule has 1 amide bonds. The van der Waals surface area contributed by atoms with Gasteiger partial charge in [-0.25, -0.2) is 4.98 Å². The van der Waals surface area contributed by atoms with Gasteiger partial charge in [-0.3, -0.25) is 4.79 Å². The van der Waals surface area contributed by atoms with E-state index in [-0.39, 0.29) is 5.91 Å². The van der Waals surface area contributed by atoms with Crippen molar-refractivity contribution in [2.45, 2.75) is 18.0 Å². The predicted octanol–water partition coefficient (Wildman–Crippen LogP) is 3.33. The number of aromatic nitrogens is 2. The molecule has 5 nitrogen and oxygen atoms in total. The molecule has 0 aliphatic carbocycles. The monoisotopic (exact) mass is 369 g/mol. The van der Waals surface area contributed by atoms with Gasteiger partial charge in [0.15, 0.2) is 0 Å². The Morgan fingerprint density at radius 2 is 2.08 bits per heavy atom. The van der Waals surface area contributed by atoms with E-state index in [0.717, 1.165) is 28.9 Å². The number of ether oxygens (including phenoxy) is 1. The van der Waals surface area contributed by atoms with Crippen molar-refractivity contribution in [3.63, 3.8) is 0 Å². The molecular weight excluding hydrogens is 346 g/mol. The summed E-state index contributed by atoms with van der Waals surface area (Å²) >= 11 is 1.47. The molecule has 0 saturated carbocycles. The first-order valence-corrected chi connectivity index (χ1v) is 9.62. The largest absolute Gasteiger partial charge is 0.385 e. The average Bonchev–Trinajstić information content (AvgIpc) is 3.08. The third-order valence-corrected chi connectivity index (χ3v) is 5.05. The number of amides is 1. The number of methoxy groups -OCH3 is 1. The number of carbonyl (C=O) groups excluding carboxylic acids is 1. The number of nitrogens with zero attached hydrogens (tertiary/aromatic N) is 2. The smallest absolute Gasteiger partial charge is 0.230 e. The quantitative estimate of drug-likeness (QED) is 0.464. The summed E-state index contributed by atoms with van der Waals surface area (Å²) in [5.74, 6) is 0.386. The number of nitrogens with one attached hydrogen (secondary N) is 1. The summed E-state index contributed by atoms with van der Waals surface area (Å²) in [6.07, 6.45) is 4.71. The minimum absolute atomic E-state index is 0.0219. The highest BCUT2D eigenvalue weighted by atomic mass is 32.2. The van der Waals surface area contributed by atoms with Crippen LogP contribution >= 0.6 is 11.8 Å². The van der Waals surface area contributed by atoms with Gasteiger partial charge in [0.1, 0.15) is 5.03 Å². The van der Waals surface area contributed by atoms with Crippen LogP contribution in [0.3, 0.4) is 0 Å². The van der Waals surface area contributed by atoms with Crippen molar-refractivity contribution < 1.29 is 9.53 Å². The van der Waals surface area contributed by atoms with E-state index in [1.807, 2.05) is 18.3 Å². The number of rotatable bonds is 9. The van der Waals surface area contributed by atoms with Crippen molar-refractivity contribution >= 4 is 28.6 Å². The van der Waals surface area contributed by atoms with E-state index in [2.05, 4.69) is 51.4 Å². The Labute approximate surface area is 157 Å². The summed E-state index contributed by atoms with van der Waals surface area (Å²) in [7, 11) is 1.66. The number of hydrogen-bond acceptors (Lipinski definition) is 4. The Kier molecular flexibility index (Phi) is 6.68. The lowest BCUT2D eigenvalue weighted by molar-refractivity contribution is -0.118. The molecule has 0 atom stereocenters. The molecular formula is C20H23N3O2S. The number of hydrogen-bond donors (Lipinski definition) is 1. The zero-order valence-electron chi connectivity index (χ0n) is 14.9. The fraction of sp³-hybridized carbons (Fsp3) is 0.300. The first-order valence-electron chi connectivity index (χ1n) is 8.64. The molecule has 0 aliphatic rings. The molecule has 1 aromatic carbocycles. The number of thioether (sulfide) groups is 1. The Hall–Kier alpha value is -2.31. The van der Waals surface area contributed by atoms with Crippen LogP contribution in [0.25, 0.3) is 10.9 Å². The van der Waals surface area contributed by atoms with Crippen molar-refractivity contribution in [2.75, 3.05) is 26.0 Å². The zero-order chi connectivity index (χ0) is 18.2. The lowest BCUT2D eigenvalue weighted by Crippen LogP contribution is -2.26. The van der Waals surface area contributed by atoms with Crippen LogP contribution in [0.2, 0.25) is 0 Å². The molecule has 2 aromatic heterocycles. The summed E-state index contributed by atoms with van der Waals surface area (Å²) in [4.78, 5) is 16.4. The molecule has 0 spiro atoms. The molecule has 0 unspecified atom stereocenters. The van der Waals surface area contributed by atoms with Crippen molar-refractivity contribution in [2.24, 2.45) is 0 Å². The number of pyridine rings is 1. The van der Waals surface area contributed by atoms with Gasteiger partial charge in [0.2, 0.25) is 5.91 Å². The van der Waals surface area contributed by atoms with Gasteiger partial charge in [-0.05, 0) is 24.1 Å². The van der Waals surface area contributed by atoms with Crippen molar-refractivity contribution in [3.8, 4) is 0 Å².